The Morgan fingerprint density at radius 2 is 1.58 bits per heavy atom. The van der Waals surface area contributed by atoms with Crippen LogP contribution >= 0.6 is 11.6 Å². The second-order valence-corrected chi connectivity index (χ2v) is 7.44. The lowest BCUT2D eigenvalue weighted by Crippen LogP contribution is -2.22. The molecule has 24 heavy (non-hydrogen) atoms. The van der Waals surface area contributed by atoms with Gasteiger partial charge >= 0.3 is 0 Å². The van der Waals surface area contributed by atoms with E-state index in [-0.39, 0.29) is 10.8 Å². The lowest BCUT2D eigenvalue weighted by Gasteiger charge is -2.06. The van der Waals surface area contributed by atoms with Crippen LogP contribution in [0.15, 0.2) is 53.4 Å². The molecule has 7 heteroatoms. The van der Waals surface area contributed by atoms with Gasteiger partial charge in [-0.05, 0) is 48.2 Å². The molecule has 1 amide bonds. The van der Waals surface area contributed by atoms with Crippen LogP contribution in [-0.2, 0) is 27.8 Å². The molecule has 5 nitrogen and oxygen atoms in total. The minimum Gasteiger partial charge on any atom is -0.352 e. The van der Waals surface area contributed by atoms with E-state index in [2.05, 4.69) is 5.32 Å². The van der Waals surface area contributed by atoms with E-state index in [0.29, 0.717) is 18.0 Å². The molecule has 0 spiro atoms. The van der Waals surface area contributed by atoms with Crippen LogP contribution in [0.5, 0.6) is 0 Å². The van der Waals surface area contributed by atoms with Crippen molar-refractivity contribution in [3.05, 3.63) is 64.7 Å². The van der Waals surface area contributed by atoms with Crippen molar-refractivity contribution < 1.29 is 13.2 Å². The van der Waals surface area contributed by atoms with Gasteiger partial charge < -0.3 is 5.32 Å². The summed E-state index contributed by atoms with van der Waals surface area (Å²) in [6.07, 6.45) is 1.99. The molecule has 2 rings (SSSR count). The molecule has 0 heterocycles. The first kappa shape index (κ1) is 18.4. The van der Waals surface area contributed by atoms with Crippen LogP contribution < -0.4 is 10.5 Å². The molecule has 0 atom stereocenters. The van der Waals surface area contributed by atoms with Crippen LogP contribution in [0, 0.1) is 0 Å². The van der Waals surface area contributed by atoms with Gasteiger partial charge in [0, 0.05) is 18.0 Å². The molecule has 3 N–H and O–H groups in total. The first-order chi connectivity index (χ1) is 11.3. The topological polar surface area (TPSA) is 89.3 Å². The number of primary sulfonamides is 1. The van der Waals surface area contributed by atoms with E-state index in [4.69, 9.17) is 16.7 Å². The van der Waals surface area contributed by atoms with Gasteiger partial charge in [0.15, 0.2) is 0 Å². The predicted octanol–water partition coefficient (Wildman–Crippen LogP) is 2.63. The van der Waals surface area contributed by atoms with Gasteiger partial charge in [-0.2, -0.15) is 0 Å². The summed E-state index contributed by atoms with van der Waals surface area (Å²) in [5.74, 6) is -0.0421. The number of nitrogens with two attached hydrogens (primary N) is 1. The van der Waals surface area contributed by atoms with Crippen molar-refractivity contribution >= 4 is 27.5 Å². The van der Waals surface area contributed by atoms with E-state index in [9.17, 15) is 13.2 Å². The Kier molecular flexibility index (Phi) is 6.36. The van der Waals surface area contributed by atoms with Crippen LogP contribution in [0.25, 0.3) is 0 Å². The smallest absolute Gasteiger partial charge is 0.238 e. The average molecular weight is 367 g/mol. The van der Waals surface area contributed by atoms with Crippen molar-refractivity contribution in [3.8, 4) is 0 Å². The van der Waals surface area contributed by atoms with Gasteiger partial charge in [0.05, 0.1) is 4.90 Å². The molecule has 128 valence electrons. The molecule has 0 fully saturated rings. The van der Waals surface area contributed by atoms with Crippen molar-refractivity contribution in [3.63, 3.8) is 0 Å². The van der Waals surface area contributed by atoms with Crippen molar-refractivity contribution in [1.29, 1.82) is 0 Å². The number of halogens is 1. The summed E-state index contributed by atoms with van der Waals surface area (Å²) in [7, 11) is -3.69. The third-order valence-corrected chi connectivity index (χ3v) is 4.71. The van der Waals surface area contributed by atoms with Crippen molar-refractivity contribution in [2.45, 2.75) is 30.7 Å². The maximum atomic E-state index is 11.8. The van der Waals surface area contributed by atoms with Gasteiger partial charge in [0.25, 0.3) is 0 Å². The molecule has 2 aromatic carbocycles. The summed E-state index contributed by atoms with van der Waals surface area (Å²) in [6, 6.07) is 13.7. The van der Waals surface area contributed by atoms with E-state index < -0.39 is 10.0 Å². The molecular weight excluding hydrogens is 348 g/mol. The summed E-state index contributed by atoms with van der Waals surface area (Å²) >= 11 is 5.83. The average Bonchev–Trinajstić information content (AvgIpc) is 2.54. The molecular formula is C17H19ClN2O3S. The third-order valence-electron chi connectivity index (χ3n) is 3.52. The quantitative estimate of drug-likeness (QED) is 0.789. The zero-order valence-electron chi connectivity index (χ0n) is 13.0. The highest BCUT2D eigenvalue weighted by atomic mass is 35.5. The maximum Gasteiger partial charge on any atom is 0.238 e. The Morgan fingerprint density at radius 3 is 2.17 bits per heavy atom. The lowest BCUT2D eigenvalue weighted by atomic mass is 10.1. The summed E-state index contributed by atoms with van der Waals surface area (Å²) < 4.78 is 22.3. The number of sulfonamides is 1. The highest BCUT2D eigenvalue weighted by molar-refractivity contribution is 7.89. The fourth-order valence-electron chi connectivity index (χ4n) is 2.19. The monoisotopic (exact) mass is 366 g/mol. The zero-order valence-corrected chi connectivity index (χ0v) is 14.6. The molecule has 2 aromatic rings. The second kappa shape index (κ2) is 8.28. The number of benzene rings is 2. The fourth-order valence-corrected chi connectivity index (χ4v) is 2.83. The number of aryl methyl sites for hydroxylation is 1. The Labute approximate surface area is 146 Å². The highest BCUT2D eigenvalue weighted by Crippen LogP contribution is 2.12. The van der Waals surface area contributed by atoms with Gasteiger partial charge in [-0.3, -0.25) is 4.79 Å². The number of rotatable bonds is 7. The summed E-state index contributed by atoms with van der Waals surface area (Å²) in [4.78, 5) is 11.9. The Hall–Kier alpha value is -1.89. The van der Waals surface area contributed by atoms with E-state index in [1.54, 1.807) is 12.1 Å². The molecule has 0 saturated carbocycles. The van der Waals surface area contributed by atoms with Crippen LogP contribution in [-0.4, -0.2) is 14.3 Å². The van der Waals surface area contributed by atoms with Gasteiger partial charge in [-0.1, -0.05) is 35.9 Å². The normalized spacial score (nSPS) is 11.2. The zero-order chi connectivity index (χ0) is 17.6. The largest absolute Gasteiger partial charge is 0.352 e. The Morgan fingerprint density at radius 1 is 1.00 bits per heavy atom. The number of amides is 1. The van der Waals surface area contributed by atoms with Crippen molar-refractivity contribution in [1.82, 2.24) is 5.32 Å². The summed E-state index contributed by atoms with van der Waals surface area (Å²) in [6.45, 7) is 0.352. The SMILES string of the molecule is NS(=O)(=O)c1ccc(CNC(=O)CCCc2ccc(Cl)cc2)cc1. The van der Waals surface area contributed by atoms with Gasteiger partial charge in [0.2, 0.25) is 15.9 Å². The molecule has 0 unspecified atom stereocenters. The number of nitrogens with one attached hydrogen (secondary N) is 1. The second-order valence-electron chi connectivity index (χ2n) is 5.45. The van der Waals surface area contributed by atoms with Gasteiger partial charge in [-0.15, -0.1) is 0 Å². The van der Waals surface area contributed by atoms with Crippen LogP contribution in [0.4, 0.5) is 0 Å². The van der Waals surface area contributed by atoms with Gasteiger partial charge in [0.1, 0.15) is 0 Å². The number of hydrogen-bond acceptors (Lipinski definition) is 3. The maximum absolute atomic E-state index is 11.8. The lowest BCUT2D eigenvalue weighted by molar-refractivity contribution is -0.121. The fraction of sp³-hybridized carbons (Fsp3) is 0.235. The first-order valence-corrected chi connectivity index (χ1v) is 9.40. The standard InChI is InChI=1S/C17H19ClN2O3S/c18-15-8-4-13(5-9-15)2-1-3-17(21)20-12-14-6-10-16(11-7-14)24(19,22)23/h4-11H,1-3,12H2,(H,20,21)(H2,19,22,23). The minimum atomic E-state index is -3.69. The molecule has 0 aliphatic heterocycles. The van der Waals surface area contributed by atoms with Crippen LogP contribution in [0.1, 0.15) is 24.0 Å². The van der Waals surface area contributed by atoms with E-state index in [0.717, 1.165) is 24.0 Å². The van der Waals surface area contributed by atoms with E-state index in [1.165, 1.54) is 12.1 Å². The van der Waals surface area contributed by atoms with Crippen LogP contribution in [0.2, 0.25) is 5.02 Å². The van der Waals surface area contributed by atoms with Crippen molar-refractivity contribution in [2.75, 3.05) is 0 Å². The molecule has 0 aromatic heterocycles. The Balaban J connectivity index is 1.74. The number of carbonyl (C=O) groups excluding carboxylic acids is 1. The van der Waals surface area contributed by atoms with Gasteiger partial charge in [-0.25, -0.2) is 13.6 Å². The molecule has 0 aliphatic rings. The predicted molar refractivity (Wildman–Crippen MR) is 94.1 cm³/mol. The Bertz CT molecular complexity index is 788. The third kappa shape index (κ3) is 5.96. The van der Waals surface area contributed by atoms with E-state index >= 15 is 0 Å². The number of hydrogen-bond donors (Lipinski definition) is 2. The van der Waals surface area contributed by atoms with Crippen molar-refractivity contribution in [2.24, 2.45) is 5.14 Å². The highest BCUT2D eigenvalue weighted by Gasteiger charge is 2.07. The molecule has 0 bridgehead atoms. The van der Waals surface area contributed by atoms with Crippen LogP contribution in [0.3, 0.4) is 0 Å². The minimum absolute atomic E-state index is 0.0421. The first-order valence-electron chi connectivity index (χ1n) is 7.47. The van der Waals surface area contributed by atoms with E-state index in [1.807, 2.05) is 24.3 Å². The number of carbonyl (C=O) groups is 1. The molecule has 0 radical (unpaired) electrons. The summed E-state index contributed by atoms with van der Waals surface area (Å²) in [5, 5.41) is 8.55. The molecule has 0 saturated heterocycles. The summed E-state index contributed by atoms with van der Waals surface area (Å²) in [5.41, 5.74) is 1.96. The molecule has 0 aliphatic carbocycles.